The number of rotatable bonds is 6. The zero-order valence-electron chi connectivity index (χ0n) is 16.6. The van der Waals surface area contributed by atoms with Gasteiger partial charge in [0.15, 0.2) is 0 Å². The van der Waals surface area contributed by atoms with E-state index in [9.17, 15) is 4.79 Å². The molecule has 1 aromatic heterocycles. The molecule has 0 saturated heterocycles. The number of hydrogen-bond acceptors (Lipinski definition) is 4. The minimum Gasteiger partial charge on any atom is -0.396 e. The summed E-state index contributed by atoms with van der Waals surface area (Å²) in [4.78, 5) is 17.2. The zero-order chi connectivity index (χ0) is 21.0. The molecule has 0 radical (unpaired) electrons. The number of nitrogens with zero attached hydrogens (tertiary/aromatic N) is 2. The van der Waals surface area contributed by atoms with Crippen molar-refractivity contribution in [3.63, 3.8) is 0 Å². The Morgan fingerprint density at radius 1 is 1.03 bits per heavy atom. The number of nitriles is 1. The van der Waals surface area contributed by atoms with Gasteiger partial charge in [0.05, 0.1) is 17.2 Å². The molecule has 5 nitrogen and oxygen atoms in total. The van der Waals surface area contributed by atoms with Crippen molar-refractivity contribution < 1.29 is 9.90 Å². The average Bonchev–Trinajstić information content (AvgIpc) is 2.77. The molecule has 0 bridgehead atoms. The highest BCUT2D eigenvalue weighted by atomic mass is 16.3. The van der Waals surface area contributed by atoms with Crippen LogP contribution in [0.5, 0.6) is 0 Å². The first-order valence-corrected chi connectivity index (χ1v) is 10.1. The van der Waals surface area contributed by atoms with Gasteiger partial charge in [0, 0.05) is 36.0 Å². The van der Waals surface area contributed by atoms with Gasteiger partial charge in [-0.25, -0.2) is 0 Å². The summed E-state index contributed by atoms with van der Waals surface area (Å²) in [5, 5.41) is 21.2. The van der Waals surface area contributed by atoms with Crippen LogP contribution >= 0.6 is 0 Å². The van der Waals surface area contributed by atoms with Gasteiger partial charge in [0.1, 0.15) is 0 Å². The average molecular weight is 397 g/mol. The number of amides is 1. The van der Waals surface area contributed by atoms with E-state index in [-0.39, 0.29) is 18.1 Å². The maximum Gasteiger partial charge on any atom is 0.251 e. The number of aliphatic hydroxyl groups is 1. The normalized spacial score (nSPS) is 14.4. The number of benzene rings is 2. The highest BCUT2D eigenvalue weighted by Crippen LogP contribution is 2.42. The predicted molar refractivity (Wildman–Crippen MR) is 115 cm³/mol. The van der Waals surface area contributed by atoms with Crippen LogP contribution in [0.15, 0.2) is 66.9 Å². The number of carbonyl (C=O) groups is 1. The van der Waals surface area contributed by atoms with Gasteiger partial charge in [0.25, 0.3) is 5.91 Å². The van der Waals surface area contributed by atoms with Gasteiger partial charge in [-0.15, -0.1) is 0 Å². The molecule has 1 heterocycles. The third kappa shape index (κ3) is 3.96. The Balaban J connectivity index is 1.51. The van der Waals surface area contributed by atoms with Crippen LogP contribution in [0, 0.1) is 11.3 Å². The molecule has 0 unspecified atom stereocenters. The second-order valence-corrected chi connectivity index (χ2v) is 7.67. The first-order valence-electron chi connectivity index (χ1n) is 10.1. The van der Waals surface area contributed by atoms with E-state index in [0.717, 1.165) is 41.6 Å². The van der Waals surface area contributed by atoms with Gasteiger partial charge >= 0.3 is 0 Å². The lowest BCUT2D eigenvalue weighted by atomic mass is 9.71. The van der Waals surface area contributed by atoms with Crippen LogP contribution in [-0.4, -0.2) is 22.6 Å². The van der Waals surface area contributed by atoms with Crippen molar-refractivity contribution in [3.05, 3.63) is 89.2 Å². The maximum atomic E-state index is 12.8. The van der Waals surface area contributed by atoms with E-state index in [2.05, 4.69) is 40.6 Å². The monoisotopic (exact) mass is 397 g/mol. The Kier molecular flexibility index (Phi) is 5.60. The van der Waals surface area contributed by atoms with E-state index < -0.39 is 0 Å². The molecule has 1 amide bonds. The highest BCUT2D eigenvalue weighted by molar-refractivity contribution is 5.95. The van der Waals surface area contributed by atoms with Crippen molar-refractivity contribution in [1.82, 2.24) is 10.3 Å². The lowest BCUT2D eigenvalue weighted by Crippen LogP contribution is -2.50. The van der Waals surface area contributed by atoms with Crippen molar-refractivity contribution in [2.24, 2.45) is 0 Å². The van der Waals surface area contributed by atoms with E-state index in [1.54, 1.807) is 24.3 Å². The van der Waals surface area contributed by atoms with Crippen molar-refractivity contribution in [1.29, 1.82) is 5.26 Å². The molecule has 2 N–H and O–H groups in total. The summed E-state index contributed by atoms with van der Waals surface area (Å²) in [6, 6.07) is 21.0. The molecule has 0 spiro atoms. The molecule has 1 saturated carbocycles. The Morgan fingerprint density at radius 2 is 1.73 bits per heavy atom. The lowest BCUT2D eigenvalue weighted by molar-refractivity contribution is 0.0823. The number of pyridine rings is 1. The molecule has 3 aromatic rings. The first-order chi connectivity index (χ1) is 14.6. The molecule has 4 rings (SSSR count). The predicted octanol–water partition coefficient (Wildman–Crippen LogP) is 3.96. The van der Waals surface area contributed by atoms with E-state index >= 15 is 0 Å². The van der Waals surface area contributed by atoms with Crippen LogP contribution in [0.4, 0.5) is 0 Å². The first kappa shape index (κ1) is 19.8. The van der Waals surface area contributed by atoms with Crippen molar-refractivity contribution in [2.75, 3.05) is 6.61 Å². The minimum atomic E-state index is -0.341. The fourth-order valence-electron chi connectivity index (χ4n) is 3.84. The smallest absolute Gasteiger partial charge is 0.251 e. The number of hydrogen-bond donors (Lipinski definition) is 2. The number of aliphatic hydroxyl groups excluding tert-OH is 1. The SMILES string of the molecule is N#Cc1ccc(C(=O)NC2(c3ccc(-c4ccc(CCO)nc4)cc3)CCC2)cc1. The molecule has 150 valence electrons. The molecule has 1 aliphatic carbocycles. The van der Waals surface area contributed by atoms with Crippen LogP contribution in [-0.2, 0) is 12.0 Å². The molecule has 30 heavy (non-hydrogen) atoms. The molecule has 1 aliphatic rings. The fourth-order valence-corrected chi connectivity index (χ4v) is 3.84. The molecule has 1 fully saturated rings. The Bertz CT molecular complexity index is 1060. The topological polar surface area (TPSA) is 86.0 Å². The summed E-state index contributed by atoms with van der Waals surface area (Å²) >= 11 is 0. The summed E-state index contributed by atoms with van der Waals surface area (Å²) in [5.41, 5.74) is 4.82. The quantitative estimate of drug-likeness (QED) is 0.659. The van der Waals surface area contributed by atoms with E-state index in [1.807, 2.05) is 18.3 Å². The summed E-state index contributed by atoms with van der Waals surface area (Å²) in [6.45, 7) is 0.0946. The lowest BCUT2D eigenvalue weighted by Gasteiger charge is -2.43. The van der Waals surface area contributed by atoms with Crippen LogP contribution in [0.3, 0.4) is 0 Å². The van der Waals surface area contributed by atoms with Crippen LogP contribution in [0.25, 0.3) is 11.1 Å². The number of nitrogens with one attached hydrogen (secondary N) is 1. The second-order valence-electron chi connectivity index (χ2n) is 7.67. The largest absolute Gasteiger partial charge is 0.396 e. The van der Waals surface area contributed by atoms with Crippen LogP contribution < -0.4 is 5.32 Å². The second kappa shape index (κ2) is 8.48. The minimum absolute atomic E-state index is 0.0946. The Labute approximate surface area is 176 Å². The molecular weight excluding hydrogens is 374 g/mol. The summed E-state index contributed by atoms with van der Waals surface area (Å²) in [5.74, 6) is -0.119. The molecule has 0 aliphatic heterocycles. The van der Waals surface area contributed by atoms with E-state index in [0.29, 0.717) is 17.5 Å². The summed E-state index contributed by atoms with van der Waals surface area (Å²) in [7, 11) is 0. The standard InChI is InChI=1S/C25H23N3O2/c26-16-18-2-4-20(5-3-18)24(30)28-25(13-1-14-25)22-9-6-19(7-10-22)21-8-11-23(12-15-29)27-17-21/h2-11,17,29H,1,12-15H2,(H,28,30). The van der Waals surface area contributed by atoms with Gasteiger partial charge in [0.2, 0.25) is 0 Å². The van der Waals surface area contributed by atoms with Gasteiger partial charge in [-0.2, -0.15) is 5.26 Å². The van der Waals surface area contributed by atoms with Crippen molar-refractivity contribution in [3.8, 4) is 17.2 Å². The maximum absolute atomic E-state index is 12.8. The molecule has 5 heteroatoms. The summed E-state index contributed by atoms with van der Waals surface area (Å²) in [6.07, 6.45) is 5.27. The third-order valence-electron chi connectivity index (χ3n) is 5.80. The Hall–Kier alpha value is -3.49. The van der Waals surface area contributed by atoms with Gasteiger partial charge in [-0.3, -0.25) is 9.78 Å². The van der Waals surface area contributed by atoms with E-state index in [1.165, 1.54) is 0 Å². The van der Waals surface area contributed by atoms with Crippen molar-refractivity contribution in [2.45, 2.75) is 31.2 Å². The van der Waals surface area contributed by atoms with Crippen molar-refractivity contribution >= 4 is 5.91 Å². The molecule has 2 aromatic carbocycles. The molecular formula is C25H23N3O2. The Morgan fingerprint density at radius 3 is 2.27 bits per heavy atom. The zero-order valence-corrected chi connectivity index (χ0v) is 16.6. The van der Waals surface area contributed by atoms with E-state index in [4.69, 9.17) is 10.4 Å². The van der Waals surface area contributed by atoms with Gasteiger partial charge < -0.3 is 10.4 Å². The number of aromatic nitrogens is 1. The summed E-state index contributed by atoms with van der Waals surface area (Å²) < 4.78 is 0. The fraction of sp³-hybridized carbons (Fsp3) is 0.240. The molecule has 0 atom stereocenters. The van der Waals surface area contributed by atoms with Crippen LogP contribution in [0.1, 0.15) is 46.4 Å². The van der Waals surface area contributed by atoms with Crippen LogP contribution in [0.2, 0.25) is 0 Å². The van der Waals surface area contributed by atoms with Gasteiger partial charge in [-0.1, -0.05) is 30.3 Å². The third-order valence-corrected chi connectivity index (χ3v) is 5.80. The number of carbonyl (C=O) groups excluding carboxylic acids is 1. The van der Waals surface area contributed by atoms with Gasteiger partial charge in [-0.05, 0) is 60.7 Å². The highest BCUT2D eigenvalue weighted by Gasteiger charge is 2.40.